The van der Waals surface area contributed by atoms with Crippen LogP contribution in [0.15, 0.2) is 0 Å². The van der Waals surface area contributed by atoms with Gasteiger partial charge in [0.05, 0.1) is 6.04 Å². The Bertz CT molecular complexity index is 214. The number of hydrogen-bond acceptors (Lipinski definition) is 1. The van der Waals surface area contributed by atoms with Gasteiger partial charge in [-0.1, -0.05) is 32.6 Å². The monoisotopic (exact) mass is 207 g/mol. The maximum atomic E-state index is 5.39. The summed E-state index contributed by atoms with van der Waals surface area (Å²) in [7, 11) is 0. The zero-order chi connectivity index (χ0) is 11.3. The summed E-state index contributed by atoms with van der Waals surface area (Å²) >= 11 is 0. The molecule has 1 nitrogen and oxygen atoms in total. The number of nitrogens with one attached hydrogen (secondary N) is 1. The predicted octanol–water partition coefficient (Wildman–Crippen LogP) is 3.20. The van der Waals surface area contributed by atoms with Crippen molar-refractivity contribution in [1.82, 2.24) is 5.32 Å². The van der Waals surface area contributed by atoms with E-state index >= 15 is 0 Å². The Morgan fingerprint density at radius 1 is 1.13 bits per heavy atom. The summed E-state index contributed by atoms with van der Waals surface area (Å²) in [5, 5.41) is 3.53. The van der Waals surface area contributed by atoms with Gasteiger partial charge >= 0.3 is 0 Å². The average molecular weight is 207 g/mol. The predicted molar refractivity (Wildman–Crippen MR) is 66.6 cm³/mol. The maximum absolute atomic E-state index is 5.39. The van der Waals surface area contributed by atoms with E-state index in [0.29, 0.717) is 6.04 Å². The highest BCUT2D eigenvalue weighted by molar-refractivity contribution is 4.97. The Hall–Kier alpha value is -0.480. The van der Waals surface area contributed by atoms with Gasteiger partial charge in [0, 0.05) is 6.04 Å². The molecule has 0 spiro atoms. The summed E-state index contributed by atoms with van der Waals surface area (Å²) in [4.78, 5) is 0. The van der Waals surface area contributed by atoms with Crippen molar-refractivity contribution in [2.75, 3.05) is 0 Å². The van der Waals surface area contributed by atoms with Crippen molar-refractivity contribution in [2.45, 2.75) is 65.0 Å². The van der Waals surface area contributed by atoms with Gasteiger partial charge < -0.3 is 5.32 Å². The highest BCUT2D eigenvalue weighted by Gasteiger charge is 2.21. The van der Waals surface area contributed by atoms with Crippen LogP contribution >= 0.6 is 0 Å². The van der Waals surface area contributed by atoms with Gasteiger partial charge in [-0.2, -0.15) is 0 Å². The van der Waals surface area contributed by atoms with E-state index in [1.807, 2.05) is 0 Å². The molecule has 0 bridgehead atoms. The first-order chi connectivity index (χ1) is 7.13. The van der Waals surface area contributed by atoms with E-state index < -0.39 is 0 Å². The van der Waals surface area contributed by atoms with Gasteiger partial charge in [0.15, 0.2) is 0 Å². The fourth-order valence-electron chi connectivity index (χ4n) is 2.57. The lowest BCUT2D eigenvalue weighted by molar-refractivity contribution is 0.337. The Morgan fingerprint density at radius 3 is 2.47 bits per heavy atom. The van der Waals surface area contributed by atoms with E-state index in [4.69, 9.17) is 6.42 Å². The summed E-state index contributed by atoms with van der Waals surface area (Å²) in [6, 6.07) is 0.880. The summed E-state index contributed by atoms with van der Waals surface area (Å²) in [5.41, 5.74) is 0. The van der Waals surface area contributed by atoms with Gasteiger partial charge in [0.2, 0.25) is 0 Å². The minimum absolute atomic E-state index is 0.227. The Balaban J connectivity index is 2.36. The van der Waals surface area contributed by atoms with E-state index in [9.17, 15) is 0 Å². The molecule has 1 heteroatoms. The molecule has 0 aliphatic heterocycles. The molecule has 15 heavy (non-hydrogen) atoms. The molecular formula is C14H25N. The average Bonchev–Trinajstić information content (AvgIpc) is 2.43. The van der Waals surface area contributed by atoms with Gasteiger partial charge in [-0.25, -0.2) is 0 Å². The van der Waals surface area contributed by atoms with Gasteiger partial charge in [0.25, 0.3) is 0 Å². The molecule has 1 aliphatic rings. The second kappa shape index (κ2) is 6.18. The molecule has 0 aromatic rings. The van der Waals surface area contributed by atoms with Crippen LogP contribution in [0, 0.1) is 24.2 Å². The molecule has 1 rings (SSSR count). The van der Waals surface area contributed by atoms with Crippen molar-refractivity contribution in [3.05, 3.63) is 0 Å². The van der Waals surface area contributed by atoms with Crippen LogP contribution in [0.5, 0.6) is 0 Å². The lowest BCUT2D eigenvalue weighted by atomic mass is 9.89. The van der Waals surface area contributed by atoms with Gasteiger partial charge in [-0.05, 0) is 38.0 Å². The second-order valence-electron chi connectivity index (χ2n) is 5.26. The molecule has 0 saturated heterocycles. The van der Waals surface area contributed by atoms with Crippen LogP contribution in [0.3, 0.4) is 0 Å². The molecule has 3 atom stereocenters. The minimum atomic E-state index is 0.227. The van der Waals surface area contributed by atoms with Gasteiger partial charge in [-0.15, -0.1) is 6.42 Å². The molecule has 0 heterocycles. The molecule has 86 valence electrons. The summed E-state index contributed by atoms with van der Waals surface area (Å²) in [5.74, 6) is 4.53. The number of hydrogen-bond donors (Lipinski definition) is 1. The zero-order valence-electron chi connectivity index (χ0n) is 10.4. The van der Waals surface area contributed by atoms with Gasteiger partial charge in [0.1, 0.15) is 0 Å². The SMILES string of the molecule is C#CC(C)NC1CCCC(C(C)C)CC1. The van der Waals surface area contributed by atoms with Crippen molar-refractivity contribution in [3.8, 4) is 12.3 Å². The lowest BCUT2D eigenvalue weighted by Gasteiger charge is -2.20. The van der Waals surface area contributed by atoms with E-state index in [1.165, 1.54) is 32.1 Å². The first-order valence-electron chi connectivity index (χ1n) is 6.35. The van der Waals surface area contributed by atoms with Gasteiger partial charge in [-0.3, -0.25) is 0 Å². The standard InChI is InChI=1S/C14H25N/c1-5-12(4)15-14-8-6-7-13(9-10-14)11(2)3/h1,11-15H,6-10H2,2-4H3. The minimum Gasteiger partial charge on any atom is -0.301 e. The van der Waals surface area contributed by atoms with Crippen LogP contribution in [0.1, 0.15) is 52.9 Å². The zero-order valence-corrected chi connectivity index (χ0v) is 10.4. The molecule has 0 aromatic heterocycles. The Morgan fingerprint density at radius 2 is 1.87 bits per heavy atom. The largest absolute Gasteiger partial charge is 0.301 e. The van der Waals surface area contributed by atoms with Crippen LogP contribution < -0.4 is 5.32 Å². The Labute approximate surface area is 95.0 Å². The summed E-state index contributed by atoms with van der Waals surface area (Å²) in [6.07, 6.45) is 12.1. The number of terminal acetylenes is 1. The summed E-state index contributed by atoms with van der Waals surface area (Å²) < 4.78 is 0. The van der Waals surface area contributed by atoms with E-state index in [1.54, 1.807) is 0 Å². The molecule has 1 saturated carbocycles. The van der Waals surface area contributed by atoms with Crippen molar-refractivity contribution >= 4 is 0 Å². The normalized spacial score (nSPS) is 29.5. The molecule has 0 amide bonds. The van der Waals surface area contributed by atoms with Crippen molar-refractivity contribution in [1.29, 1.82) is 0 Å². The smallest absolute Gasteiger partial charge is 0.0660 e. The molecule has 3 unspecified atom stereocenters. The van der Waals surface area contributed by atoms with Crippen molar-refractivity contribution in [2.24, 2.45) is 11.8 Å². The van der Waals surface area contributed by atoms with E-state index in [2.05, 4.69) is 32.0 Å². The maximum Gasteiger partial charge on any atom is 0.0660 e. The summed E-state index contributed by atoms with van der Waals surface area (Å²) in [6.45, 7) is 6.77. The first-order valence-corrected chi connectivity index (χ1v) is 6.35. The fraction of sp³-hybridized carbons (Fsp3) is 0.857. The first kappa shape index (κ1) is 12.6. The second-order valence-corrected chi connectivity index (χ2v) is 5.26. The van der Waals surface area contributed by atoms with Crippen molar-refractivity contribution < 1.29 is 0 Å². The third kappa shape index (κ3) is 4.26. The lowest BCUT2D eigenvalue weighted by Crippen LogP contribution is -2.35. The van der Waals surface area contributed by atoms with E-state index in [-0.39, 0.29) is 6.04 Å². The molecule has 0 radical (unpaired) electrons. The highest BCUT2D eigenvalue weighted by Crippen LogP contribution is 2.28. The quantitative estimate of drug-likeness (QED) is 0.553. The molecule has 0 aromatic carbocycles. The molecule has 1 fully saturated rings. The van der Waals surface area contributed by atoms with Crippen LogP contribution in [0.25, 0.3) is 0 Å². The number of rotatable bonds is 3. The van der Waals surface area contributed by atoms with E-state index in [0.717, 1.165) is 11.8 Å². The fourth-order valence-corrected chi connectivity index (χ4v) is 2.57. The molecule has 1 N–H and O–H groups in total. The molecule has 1 aliphatic carbocycles. The van der Waals surface area contributed by atoms with Crippen LogP contribution in [-0.2, 0) is 0 Å². The Kier molecular flexibility index (Phi) is 5.19. The van der Waals surface area contributed by atoms with Crippen molar-refractivity contribution in [3.63, 3.8) is 0 Å². The highest BCUT2D eigenvalue weighted by atomic mass is 14.9. The third-order valence-electron chi connectivity index (χ3n) is 3.69. The van der Waals surface area contributed by atoms with Crippen LogP contribution in [0.2, 0.25) is 0 Å². The topological polar surface area (TPSA) is 12.0 Å². The third-order valence-corrected chi connectivity index (χ3v) is 3.69. The van der Waals surface area contributed by atoms with Crippen LogP contribution in [-0.4, -0.2) is 12.1 Å². The molecular weight excluding hydrogens is 182 g/mol. The van der Waals surface area contributed by atoms with Crippen LogP contribution in [0.4, 0.5) is 0 Å².